The average Bonchev–Trinajstić information content (AvgIpc) is 3.12. The molecule has 0 aliphatic heterocycles. The molecule has 2 rings (SSSR count). The number of carbonyl (C=O) groups is 2. The van der Waals surface area contributed by atoms with Crippen molar-refractivity contribution < 1.29 is 9.59 Å². The number of alkyl halides is 1. The second kappa shape index (κ2) is 9.74. The van der Waals surface area contributed by atoms with Crippen LogP contribution in [0, 0.1) is 0 Å². The first-order valence-corrected chi connectivity index (χ1v) is 9.98. The van der Waals surface area contributed by atoms with E-state index in [9.17, 15) is 9.59 Å². The Balaban J connectivity index is 2.16. The molecule has 140 valence electrons. The number of amides is 2. The smallest absolute Gasteiger partial charge is 0.242 e. The highest BCUT2D eigenvalue weighted by Crippen LogP contribution is 2.16. The van der Waals surface area contributed by atoms with Crippen molar-refractivity contribution in [1.82, 2.24) is 9.80 Å². The van der Waals surface area contributed by atoms with Crippen molar-refractivity contribution in [3.05, 3.63) is 58.3 Å². The lowest BCUT2D eigenvalue weighted by Crippen LogP contribution is -2.47. The second-order valence-corrected chi connectivity index (χ2v) is 8.18. The van der Waals surface area contributed by atoms with Gasteiger partial charge in [0.1, 0.15) is 11.9 Å². The Kier molecular flexibility index (Phi) is 7.66. The molecular formula is C20H25ClN2O2S. The molecular weight excluding hydrogens is 368 g/mol. The first-order chi connectivity index (χ1) is 12.4. The normalized spacial score (nSPS) is 12.0. The molecule has 0 bridgehead atoms. The average molecular weight is 393 g/mol. The zero-order valence-electron chi connectivity index (χ0n) is 15.4. The van der Waals surface area contributed by atoms with Crippen LogP contribution in [-0.2, 0) is 22.7 Å². The first-order valence-electron chi connectivity index (χ1n) is 8.67. The van der Waals surface area contributed by atoms with Gasteiger partial charge in [-0.3, -0.25) is 9.59 Å². The first kappa shape index (κ1) is 20.5. The fraction of sp³-hybridized carbons (Fsp3) is 0.400. The van der Waals surface area contributed by atoms with Gasteiger partial charge in [-0.25, -0.2) is 0 Å². The van der Waals surface area contributed by atoms with Crippen molar-refractivity contribution in [2.45, 2.75) is 45.3 Å². The van der Waals surface area contributed by atoms with Gasteiger partial charge in [0.2, 0.25) is 11.8 Å². The van der Waals surface area contributed by atoms with Gasteiger partial charge in [0.05, 0.1) is 6.54 Å². The lowest BCUT2D eigenvalue weighted by atomic mass is 10.2. The summed E-state index contributed by atoms with van der Waals surface area (Å²) in [5.74, 6) is -0.299. The maximum Gasteiger partial charge on any atom is 0.242 e. The summed E-state index contributed by atoms with van der Waals surface area (Å²) in [6, 6.07) is 13.8. The highest BCUT2D eigenvalue weighted by molar-refractivity contribution is 7.09. The van der Waals surface area contributed by atoms with Crippen molar-refractivity contribution >= 4 is 34.8 Å². The minimum atomic E-state index is -0.648. The summed E-state index contributed by atoms with van der Waals surface area (Å²) < 4.78 is 0. The lowest BCUT2D eigenvalue weighted by Gasteiger charge is -2.30. The van der Waals surface area contributed by atoms with Crippen LogP contribution in [0.25, 0.3) is 0 Å². The molecule has 0 unspecified atom stereocenters. The largest absolute Gasteiger partial charge is 0.332 e. The fourth-order valence-corrected chi connectivity index (χ4v) is 3.46. The Morgan fingerprint density at radius 1 is 1.04 bits per heavy atom. The van der Waals surface area contributed by atoms with Crippen molar-refractivity contribution in [3.63, 3.8) is 0 Å². The van der Waals surface area contributed by atoms with E-state index in [1.54, 1.807) is 28.1 Å². The number of hydrogen-bond acceptors (Lipinski definition) is 3. The van der Waals surface area contributed by atoms with E-state index in [4.69, 9.17) is 11.6 Å². The molecule has 0 aliphatic rings. The Morgan fingerprint density at radius 3 is 2.27 bits per heavy atom. The van der Waals surface area contributed by atoms with Crippen LogP contribution in [0.15, 0.2) is 47.8 Å². The van der Waals surface area contributed by atoms with E-state index in [1.165, 1.54) is 0 Å². The Labute approximate surface area is 164 Å². The number of carbonyl (C=O) groups excluding carboxylic acids is 2. The van der Waals surface area contributed by atoms with Gasteiger partial charge in [-0.05, 0) is 37.8 Å². The quantitative estimate of drug-likeness (QED) is 0.633. The van der Waals surface area contributed by atoms with Crippen LogP contribution in [0.4, 0.5) is 0 Å². The van der Waals surface area contributed by atoms with Gasteiger partial charge < -0.3 is 9.80 Å². The summed E-state index contributed by atoms with van der Waals surface area (Å²) in [4.78, 5) is 29.8. The van der Waals surface area contributed by atoms with Gasteiger partial charge in [0, 0.05) is 17.5 Å². The fourth-order valence-electron chi connectivity index (χ4n) is 2.62. The number of benzene rings is 1. The molecule has 1 atom stereocenters. The Morgan fingerprint density at radius 2 is 1.73 bits per heavy atom. The van der Waals surface area contributed by atoms with Crippen molar-refractivity contribution in [2.24, 2.45) is 0 Å². The SMILES string of the molecule is CC(C)N(CC(=O)N(Cc1ccccc1)Cc1cccs1)C(=O)[C@H](C)Cl. The molecule has 6 heteroatoms. The van der Waals surface area contributed by atoms with E-state index in [0.717, 1.165) is 10.4 Å². The minimum absolute atomic E-state index is 0.0335. The van der Waals surface area contributed by atoms with Gasteiger partial charge in [0.25, 0.3) is 0 Å². The standard InChI is InChI=1S/C20H25ClN2O2S/c1-15(2)23(20(25)16(3)21)14-19(24)22(13-18-10-7-11-26-18)12-17-8-5-4-6-9-17/h4-11,15-16H,12-14H2,1-3H3/t16-/m0/s1. The van der Waals surface area contributed by atoms with Gasteiger partial charge in [0.15, 0.2) is 0 Å². The predicted octanol–water partition coefficient (Wildman–Crippen LogP) is 4.14. The Bertz CT molecular complexity index is 702. The molecule has 0 N–H and O–H groups in total. The summed E-state index contributed by atoms with van der Waals surface area (Å²) in [5, 5.41) is 1.35. The molecule has 0 saturated heterocycles. The maximum absolute atomic E-state index is 13.0. The van der Waals surface area contributed by atoms with E-state index < -0.39 is 5.38 Å². The summed E-state index contributed by atoms with van der Waals surface area (Å²) in [7, 11) is 0. The molecule has 1 aromatic heterocycles. The predicted molar refractivity (Wildman–Crippen MR) is 107 cm³/mol. The summed E-state index contributed by atoms with van der Waals surface area (Å²) in [5.41, 5.74) is 1.06. The maximum atomic E-state index is 13.0. The number of nitrogens with zero attached hydrogens (tertiary/aromatic N) is 2. The highest BCUT2D eigenvalue weighted by atomic mass is 35.5. The van der Waals surface area contributed by atoms with Crippen molar-refractivity contribution in [2.75, 3.05) is 6.54 Å². The summed E-state index contributed by atoms with van der Waals surface area (Å²) in [6.07, 6.45) is 0. The van der Waals surface area contributed by atoms with Crippen LogP contribution in [0.5, 0.6) is 0 Å². The number of thiophene rings is 1. The van der Waals surface area contributed by atoms with E-state index in [2.05, 4.69) is 0 Å². The molecule has 26 heavy (non-hydrogen) atoms. The summed E-state index contributed by atoms with van der Waals surface area (Å²) >= 11 is 7.58. The summed E-state index contributed by atoms with van der Waals surface area (Å²) in [6.45, 7) is 6.50. The minimum Gasteiger partial charge on any atom is -0.332 e. The molecule has 0 radical (unpaired) electrons. The third-order valence-corrected chi connectivity index (χ3v) is 5.10. The van der Waals surface area contributed by atoms with Crippen LogP contribution in [0.3, 0.4) is 0 Å². The van der Waals surface area contributed by atoms with Gasteiger partial charge in [-0.1, -0.05) is 36.4 Å². The highest BCUT2D eigenvalue weighted by Gasteiger charge is 2.26. The molecule has 4 nitrogen and oxygen atoms in total. The topological polar surface area (TPSA) is 40.6 Å². The van der Waals surface area contributed by atoms with Crippen LogP contribution < -0.4 is 0 Å². The molecule has 0 saturated carbocycles. The van der Waals surface area contributed by atoms with E-state index in [1.807, 2.05) is 61.7 Å². The molecule has 1 aromatic carbocycles. The van der Waals surface area contributed by atoms with E-state index in [-0.39, 0.29) is 24.4 Å². The second-order valence-electron chi connectivity index (χ2n) is 6.49. The molecule has 2 aromatic rings. The van der Waals surface area contributed by atoms with Crippen molar-refractivity contribution in [3.8, 4) is 0 Å². The number of halogens is 1. The molecule has 2 amide bonds. The van der Waals surface area contributed by atoms with Gasteiger partial charge in [-0.15, -0.1) is 22.9 Å². The molecule has 0 spiro atoms. The zero-order chi connectivity index (χ0) is 19.1. The van der Waals surface area contributed by atoms with Crippen LogP contribution in [0.2, 0.25) is 0 Å². The van der Waals surface area contributed by atoms with Crippen molar-refractivity contribution in [1.29, 1.82) is 0 Å². The number of rotatable bonds is 8. The lowest BCUT2D eigenvalue weighted by molar-refractivity contribution is -0.142. The number of hydrogen-bond donors (Lipinski definition) is 0. The van der Waals surface area contributed by atoms with Gasteiger partial charge in [-0.2, -0.15) is 0 Å². The third-order valence-electron chi connectivity index (χ3n) is 4.05. The molecule has 0 fully saturated rings. The monoisotopic (exact) mass is 392 g/mol. The molecule has 1 heterocycles. The Hall–Kier alpha value is -1.85. The van der Waals surface area contributed by atoms with Crippen LogP contribution in [-0.4, -0.2) is 39.6 Å². The third kappa shape index (κ3) is 5.85. The van der Waals surface area contributed by atoms with E-state index >= 15 is 0 Å². The van der Waals surface area contributed by atoms with Crippen LogP contribution in [0.1, 0.15) is 31.2 Å². The van der Waals surface area contributed by atoms with E-state index in [0.29, 0.717) is 13.1 Å². The van der Waals surface area contributed by atoms with Crippen LogP contribution >= 0.6 is 22.9 Å². The zero-order valence-corrected chi connectivity index (χ0v) is 17.0. The van der Waals surface area contributed by atoms with Gasteiger partial charge >= 0.3 is 0 Å². The molecule has 0 aliphatic carbocycles.